The largest absolute Gasteiger partial charge is 0.497 e. The molecule has 2 rings (SSSR count). The van der Waals surface area contributed by atoms with Crippen molar-refractivity contribution < 1.29 is 9.66 Å². The monoisotopic (exact) mass is 408 g/mol. The van der Waals surface area contributed by atoms with Crippen molar-refractivity contribution >= 4 is 40.3 Å². The number of nitrogens with zero attached hydrogens (tertiary/aromatic N) is 2. The van der Waals surface area contributed by atoms with Gasteiger partial charge < -0.3 is 20.3 Å². The van der Waals surface area contributed by atoms with E-state index in [1.165, 1.54) is 18.2 Å². The van der Waals surface area contributed by atoms with Crippen LogP contribution in [-0.4, -0.2) is 42.7 Å². The number of anilines is 1. The van der Waals surface area contributed by atoms with E-state index in [1.807, 2.05) is 38.4 Å². The van der Waals surface area contributed by atoms with Gasteiger partial charge in [-0.15, -0.1) is 0 Å². The molecule has 2 aromatic rings. The summed E-state index contributed by atoms with van der Waals surface area (Å²) < 4.78 is 5.29. The van der Waals surface area contributed by atoms with Gasteiger partial charge in [0.25, 0.3) is 5.69 Å². The lowest BCUT2D eigenvalue weighted by atomic mass is 10.1. The lowest BCUT2D eigenvalue weighted by Crippen LogP contribution is -2.36. The molecule has 2 aromatic carbocycles. The highest BCUT2D eigenvalue weighted by Gasteiger charge is 2.16. The molecule has 0 heterocycles. The van der Waals surface area contributed by atoms with Crippen molar-refractivity contribution in [3.63, 3.8) is 0 Å². The second kappa shape index (κ2) is 9.50. The topological polar surface area (TPSA) is 79.7 Å². The van der Waals surface area contributed by atoms with Gasteiger partial charge in [0.05, 0.1) is 28.8 Å². The molecule has 2 N–H and O–H groups in total. The first-order valence-corrected chi connectivity index (χ1v) is 8.89. The normalized spacial score (nSPS) is 11.7. The minimum atomic E-state index is -0.483. The van der Waals surface area contributed by atoms with Crippen LogP contribution in [0.25, 0.3) is 0 Å². The summed E-state index contributed by atoms with van der Waals surface area (Å²) in [4.78, 5) is 12.5. The lowest BCUT2D eigenvalue weighted by Gasteiger charge is -2.26. The van der Waals surface area contributed by atoms with Crippen molar-refractivity contribution in [3.8, 4) is 5.75 Å². The van der Waals surface area contributed by atoms with Gasteiger partial charge in [-0.05, 0) is 50.1 Å². The van der Waals surface area contributed by atoms with Crippen molar-refractivity contribution in [3.05, 3.63) is 63.2 Å². The SMILES string of the molecule is COc1cccc([C@H](CNC(=S)Nc2cc([N+](=O)[O-])ccc2Cl)N(C)C)c1. The van der Waals surface area contributed by atoms with E-state index in [0.717, 1.165) is 11.3 Å². The lowest BCUT2D eigenvalue weighted by molar-refractivity contribution is -0.384. The molecule has 0 saturated heterocycles. The van der Waals surface area contributed by atoms with E-state index in [1.54, 1.807) is 7.11 Å². The van der Waals surface area contributed by atoms with Gasteiger partial charge in [0.15, 0.2) is 5.11 Å². The van der Waals surface area contributed by atoms with Crippen LogP contribution in [-0.2, 0) is 0 Å². The van der Waals surface area contributed by atoms with E-state index in [0.29, 0.717) is 22.4 Å². The zero-order chi connectivity index (χ0) is 20.0. The number of ether oxygens (including phenoxy) is 1. The van der Waals surface area contributed by atoms with Gasteiger partial charge in [-0.2, -0.15) is 0 Å². The van der Waals surface area contributed by atoms with E-state index in [4.69, 9.17) is 28.6 Å². The second-order valence-electron chi connectivity index (χ2n) is 6.01. The Balaban J connectivity index is 2.06. The third kappa shape index (κ3) is 5.78. The van der Waals surface area contributed by atoms with Crippen LogP contribution in [0.1, 0.15) is 11.6 Å². The van der Waals surface area contributed by atoms with Crippen LogP contribution in [0.2, 0.25) is 5.02 Å². The Kier molecular flexibility index (Phi) is 7.35. The van der Waals surface area contributed by atoms with Gasteiger partial charge in [0.2, 0.25) is 0 Å². The van der Waals surface area contributed by atoms with E-state index < -0.39 is 4.92 Å². The Morgan fingerprint density at radius 1 is 1.33 bits per heavy atom. The molecule has 9 heteroatoms. The van der Waals surface area contributed by atoms with Gasteiger partial charge in [-0.25, -0.2) is 0 Å². The van der Waals surface area contributed by atoms with Gasteiger partial charge in [-0.1, -0.05) is 23.7 Å². The quantitative estimate of drug-likeness (QED) is 0.409. The fourth-order valence-electron chi connectivity index (χ4n) is 2.53. The summed E-state index contributed by atoms with van der Waals surface area (Å²) in [5, 5.41) is 17.6. The summed E-state index contributed by atoms with van der Waals surface area (Å²) in [6.45, 7) is 0.526. The van der Waals surface area contributed by atoms with Gasteiger partial charge >= 0.3 is 0 Å². The molecule has 144 valence electrons. The first-order valence-electron chi connectivity index (χ1n) is 8.11. The summed E-state index contributed by atoms with van der Waals surface area (Å²) in [6, 6.07) is 12.0. The van der Waals surface area contributed by atoms with Gasteiger partial charge in [0, 0.05) is 18.7 Å². The van der Waals surface area contributed by atoms with E-state index in [2.05, 4.69) is 15.5 Å². The fourth-order valence-corrected chi connectivity index (χ4v) is 2.88. The predicted octanol–water partition coefficient (Wildman–Crippen LogP) is 3.85. The molecular formula is C18H21ClN4O3S. The van der Waals surface area contributed by atoms with Crippen LogP contribution in [0, 0.1) is 10.1 Å². The van der Waals surface area contributed by atoms with Crippen LogP contribution >= 0.6 is 23.8 Å². The molecule has 0 radical (unpaired) electrons. The highest BCUT2D eigenvalue weighted by molar-refractivity contribution is 7.80. The van der Waals surface area contributed by atoms with Crippen LogP contribution < -0.4 is 15.4 Å². The average Bonchev–Trinajstić information content (AvgIpc) is 2.63. The summed E-state index contributed by atoms with van der Waals surface area (Å²) in [7, 11) is 5.57. The average molecular weight is 409 g/mol. The maximum absolute atomic E-state index is 10.9. The molecule has 0 spiro atoms. The minimum absolute atomic E-state index is 0.0421. The summed E-state index contributed by atoms with van der Waals surface area (Å²) in [5.41, 5.74) is 1.39. The number of hydrogen-bond donors (Lipinski definition) is 2. The number of halogens is 1. The number of benzene rings is 2. The van der Waals surface area contributed by atoms with Crippen molar-refractivity contribution in [2.75, 3.05) is 33.1 Å². The Labute approximate surface area is 168 Å². The molecule has 0 aliphatic heterocycles. The molecule has 0 amide bonds. The number of nitrogens with one attached hydrogen (secondary N) is 2. The Morgan fingerprint density at radius 3 is 2.70 bits per heavy atom. The molecule has 27 heavy (non-hydrogen) atoms. The van der Waals surface area contributed by atoms with Gasteiger partial charge in [0.1, 0.15) is 5.75 Å². The number of hydrogen-bond acceptors (Lipinski definition) is 5. The van der Waals surface area contributed by atoms with Crippen molar-refractivity contribution in [1.29, 1.82) is 0 Å². The van der Waals surface area contributed by atoms with Crippen LogP contribution in [0.15, 0.2) is 42.5 Å². The maximum atomic E-state index is 10.9. The number of nitro benzene ring substituents is 1. The van der Waals surface area contributed by atoms with E-state index in [-0.39, 0.29) is 11.7 Å². The summed E-state index contributed by atoms with van der Waals surface area (Å²) in [6.07, 6.45) is 0. The first kappa shape index (κ1) is 20.9. The molecule has 0 unspecified atom stereocenters. The maximum Gasteiger partial charge on any atom is 0.271 e. The summed E-state index contributed by atoms with van der Waals surface area (Å²) in [5.74, 6) is 0.781. The number of nitro groups is 1. The molecule has 0 aromatic heterocycles. The molecule has 7 nitrogen and oxygen atoms in total. The van der Waals surface area contributed by atoms with E-state index in [9.17, 15) is 10.1 Å². The molecule has 0 aliphatic rings. The standard InChI is InChI=1S/C18H21ClN4O3S/c1-22(2)17(12-5-4-6-14(9-12)26-3)11-20-18(27)21-16-10-13(23(24)25)7-8-15(16)19/h4-10,17H,11H2,1-3H3,(H2,20,21,27)/t17-/m0/s1. The molecule has 0 saturated carbocycles. The molecule has 0 aliphatic carbocycles. The Bertz CT molecular complexity index is 832. The van der Waals surface area contributed by atoms with Gasteiger partial charge in [-0.3, -0.25) is 10.1 Å². The second-order valence-corrected chi connectivity index (χ2v) is 6.83. The number of non-ortho nitro benzene ring substituents is 1. The fraction of sp³-hybridized carbons (Fsp3) is 0.278. The van der Waals surface area contributed by atoms with Crippen LogP contribution in [0.5, 0.6) is 5.75 Å². The predicted molar refractivity (Wildman–Crippen MR) is 112 cm³/mol. The van der Waals surface area contributed by atoms with Crippen molar-refractivity contribution in [2.24, 2.45) is 0 Å². The minimum Gasteiger partial charge on any atom is -0.497 e. The zero-order valence-electron chi connectivity index (χ0n) is 15.2. The van der Waals surface area contributed by atoms with Crippen molar-refractivity contribution in [2.45, 2.75) is 6.04 Å². The smallest absolute Gasteiger partial charge is 0.271 e. The van der Waals surface area contributed by atoms with E-state index >= 15 is 0 Å². The number of thiocarbonyl (C=S) groups is 1. The van der Waals surface area contributed by atoms with Crippen LogP contribution in [0.4, 0.5) is 11.4 Å². The number of methoxy groups -OCH3 is 1. The third-order valence-electron chi connectivity index (χ3n) is 3.97. The first-order chi connectivity index (χ1) is 12.8. The highest BCUT2D eigenvalue weighted by Crippen LogP contribution is 2.27. The Morgan fingerprint density at radius 2 is 2.07 bits per heavy atom. The molecule has 0 bridgehead atoms. The van der Waals surface area contributed by atoms with Crippen LogP contribution in [0.3, 0.4) is 0 Å². The number of likely N-dealkylation sites (N-methyl/N-ethyl adjacent to an activating group) is 1. The molecular weight excluding hydrogens is 388 g/mol. The number of rotatable bonds is 7. The zero-order valence-corrected chi connectivity index (χ0v) is 16.8. The highest BCUT2D eigenvalue weighted by atomic mass is 35.5. The Hall–Kier alpha value is -2.42. The summed E-state index contributed by atoms with van der Waals surface area (Å²) >= 11 is 11.4. The van der Waals surface area contributed by atoms with Crippen molar-refractivity contribution in [1.82, 2.24) is 10.2 Å². The molecule has 1 atom stereocenters. The third-order valence-corrected chi connectivity index (χ3v) is 4.54. The molecule has 0 fully saturated rings.